The maximum absolute atomic E-state index is 11.9. The summed E-state index contributed by atoms with van der Waals surface area (Å²) in [5.41, 5.74) is -0.271. The molecule has 100 valence electrons. The van der Waals surface area contributed by atoms with Crippen LogP contribution < -0.4 is 4.74 Å². The molecule has 0 fully saturated rings. The van der Waals surface area contributed by atoms with Crippen LogP contribution in [0, 0.1) is 5.92 Å². The second kappa shape index (κ2) is 5.76. The van der Waals surface area contributed by atoms with Gasteiger partial charge in [0.15, 0.2) is 5.78 Å². The fourth-order valence-electron chi connectivity index (χ4n) is 1.40. The number of hydrogen-bond acceptors (Lipinski definition) is 5. The summed E-state index contributed by atoms with van der Waals surface area (Å²) >= 11 is 0. The Morgan fingerprint density at radius 1 is 1.05 bits per heavy atom. The minimum absolute atomic E-state index is 0.174. The first-order valence-corrected chi connectivity index (χ1v) is 5.12. The molecule has 1 aromatic carbocycles. The van der Waals surface area contributed by atoms with Gasteiger partial charge in [0.25, 0.3) is 0 Å². The van der Waals surface area contributed by atoms with Crippen LogP contribution >= 0.6 is 0 Å². The number of ketones is 1. The van der Waals surface area contributed by atoms with Gasteiger partial charge in [-0.3, -0.25) is 19.2 Å². The molecular formula is C12H10O7. The maximum Gasteiger partial charge on any atom is 0.325 e. The second-order valence-corrected chi connectivity index (χ2v) is 3.56. The number of carbonyl (C=O) groups is 4. The molecule has 0 saturated heterocycles. The Kier molecular flexibility index (Phi) is 4.36. The second-order valence-electron chi connectivity index (χ2n) is 3.56. The lowest BCUT2D eigenvalue weighted by Crippen LogP contribution is -2.32. The Balaban J connectivity index is 3.21. The molecule has 0 bridgehead atoms. The number of hydrogen-bond donors (Lipinski definition) is 2. The lowest BCUT2D eigenvalue weighted by atomic mass is 9.97. The zero-order valence-corrected chi connectivity index (χ0v) is 9.82. The van der Waals surface area contributed by atoms with E-state index in [1.165, 1.54) is 24.3 Å². The molecule has 0 aliphatic heterocycles. The van der Waals surface area contributed by atoms with Gasteiger partial charge < -0.3 is 14.9 Å². The SMILES string of the molecule is CC(=O)Oc1ccccc1C(=O)C(C(=O)O)C(=O)O. The number of rotatable bonds is 5. The molecule has 2 N–H and O–H groups in total. The van der Waals surface area contributed by atoms with E-state index in [0.717, 1.165) is 6.92 Å². The van der Waals surface area contributed by atoms with Crippen molar-refractivity contribution in [3.63, 3.8) is 0 Å². The summed E-state index contributed by atoms with van der Waals surface area (Å²) < 4.78 is 4.73. The first-order valence-electron chi connectivity index (χ1n) is 5.12. The third-order valence-electron chi connectivity index (χ3n) is 2.16. The Labute approximate surface area is 107 Å². The Morgan fingerprint density at radius 3 is 2.05 bits per heavy atom. The van der Waals surface area contributed by atoms with Gasteiger partial charge in [-0.15, -0.1) is 0 Å². The van der Waals surface area contributed by atoms with Crippen LogP contribution in [0.4, 0.5) is 0 Å². The third-order valence-corrected chi connectivity index (χ3v) is 2.16. The summed E-state index contributed by atoms with van der Waals surface area (Å²) in [6.07, 6.45) is 0. The maximum atomic E-state index is 11.9. The average molecular weight is 266 g/mol. The lowest BCUT2D eigenvalue weighted by Gasteiger charge is -2.10. The number of carboxylic acid groups (broad SMARTS) is 2. The Morgan fingerprint density at radius 2 is 1.58 bits per heavy atom. The summed E-state index contributed by atoms with van der Waals surface area (Å²) in [6, 6.07) is 5.33. The van der Waals surface area contributed by atoms with E-state index in [0.29, 0.717) is 0 Å². The van der Waals surface area contributed by atoms with Crippen molar-refractivity contribution in [3.05, 3.63) is 29.8 Å². The number of carboxylic acids is 2. The van der Waals surface area contributed by atoms with Crippen LogP contribution in [-0.2, 0) is 14.4 Å². The normalized spacial score (nSPS) is 10.0. The van der Waals surface area contributed by atoms with Crippen molar-refractivity contribution in [1.82, 2.24) is 0 Å². The number of para-hydroxylation sites is 1. The molecule has 0 aromatic heterocycles. The molecule has 7 nitrogen and oxygen atoms in total. The molecule has 0 radical (unpaired) electrons. The highest BCUT2D eigenvalue weighted by atomic mass is 16.5. The lowest BCUT2D eigenvalue weighted by molar-refractivity contribution is -0.151. The molecular weight excluding hydrogens is 256 g/mol. The number of ether oxygens (including phenoxy) is 1. The smallest absolute Gasteiger partial charge is 0.325 e. The summed E-state index contributed by atoms with van der Waals surface area (Å²) in [7, 11) is 0. The van der Waals surface area contributed by atoms with Crippen LogP contribution in [0.1, 0.15) is 17.3 Å². The molecule has 1 aromatic rings. The first-order chi connectivity index (χ1) is 8.84. The summed E-state index contributed by atoms with van der Waals surface area (Å²) in [5.74, 6) is -7.84. The molecule has 0 unspecified atom stereocenters. The number of aliphatic carboxylic acids is 2. The van der Waals surface area contributed by atoms with Gasteiger partial charge in [0.05, 0.1) is 5.56 Å². The van der Waals surface area contributed by atoms with Crippen LogP contribution in [-0.4, -0.2) is 33.9 Å². The largest absolute Gasteiger partial charge is 0.480 e. The van der Waals surface area contributed by atoms with Gasteiger partial charge in [-0.25, -0.2) is 0 Å². The minimum atomic E-state index is -2.24. The van der Waals surface area contributed by atoms with E-state index in [-0.39, 0.29) is 11.3 Å². The van der Waals surface area contributed by atoms with Crippen molar-refractivity contribution in [1.29, 1.82) is 0 Å². The highest BCUT2D eigenvalue weighted by Crippen LogP contribution is 2.22. The van der Waals surface area contributed by atoms with Gasteiger partial charge in [0.1, 0.15) is 5.75 Å². The quantitative estimate of drug-likeness (QED) is 0.346. The van der Waals surface area contributed by atoms with E-state index in [4.69, 9.17) is 14.9 Å². The highest BCUT2D eigenvalue weighted by molar-refractivity contribution is 6.20. The van der Waals surface area contributed by atoms with Gasteiger partial charge in [0, 0.05) is 6.92 Å². The monoisotopic (exact) mass is 266 g/mol. The van der Waals surface area contributed by atoms with Crippen molar-refractivity contribution >= 4 is 23.7 Å². The van der Waals surface area contributed by atoms with Crippen molar-refractivity contribution in [3.8, 4) is 5.75 Å². The molecule has 19 heavy (non-hydrogen) atoms. The van der Waals surface area contributed by atoms with Gasteiger partial charge in [-0.05, 0) is 12.1 Å². The molecule has 0 amide bonds. The topological polar surface area (TPSA) is 118 Å². The van der Waals surface area contributed by atoms with Gasteiger partial charge in [0.2, 0.25) is 5.92 Å². The van der Waals surface area contributed by atoms with E-state index >= 15 is 0 Å². The van der Waals surface area contributed by atoms with Gasteiger partial charge in [-0.1, -0.05) is 12.1 Å². The first kappa shape index (κ1) is 14.4. The van der Waals surface area contributed by atoms with E-state index in [2.05, 4.69) is 0 Å². The molecule has 0 saturated carbocycles. The van der Waals surface area contributed by atoms with Crippen LogP contribution in [0.5, 0.6) is 5.75 Å². The zero-order valence-electron chi connectivity index (χ0n) is 9.82. The van der Waals surface area contributed by atoms with Crippen LogP contribution in [0.15, 0.2) is 24.3 Å². The van der Waals surface area contributed by atoms with Crippen LogP contribution in [0.25, 0.3) is 0 Å². The van der Waals surface area contributed by atoms with Crippen LogP contribution in [0.3, 0.4) is 0 Å². The predicted molar refractivity (Wildman–Crippen MR) is 60.8 cm³/mol. The molecule has 0 spiro atoms. The number of esters is 1. The van der Waals surface area contributed by atoms with Crippen molar-refractivity contribution in [2.75, 3.05) is 0 Å². The fourth-order valence-corrected chi connectivity index (χ4v) is 1.40. The molecule has 0 aliphatic carbocycles. The Bertz CT molecular complexity index is 533. The number of carbonyl (C=O) groups excluding carboxylic acids is 2. The van der Waals surface area contributed by atoms with Crippen LogP contribution in [0.2, 0.25) is 0 Å². The van der Waals surface area contributed by atoms with Crippen molar-refractivity contribution in [2.45, 2.75) is 6.92 Å². The predicted octanol–water partition coefficient (Wildman–Crippen LogP) is 0.580. The van der Waals surface area contributed by atoms with E-state index in [9.17, 15) is 19.2 Å². The third kappa shape index (κ3) is 3.38. The molecule has 1 rings (SSSR count). The van der Waals surface area contributed by atoms with Crippen molar-refractivity contribution < 1.29 is 34.1 Å². The zero-order chi connectivity index (χ0) is 14.6. The fraction of sp³-hybridized carbons (Fsp3) is 0.167. The van der Waals surface area contributed by atoms with E-state index < -0.39 is 29.6 Å². The molecule has 0 aliphatic rings. The molecule has 0 heterocycles. The summed E-state index contributed by atoms with van der Waals surface area (Å²) in [5, 5.41) is 17.5. The minimum Gasteiger partial charge on any atom is -0.480 e. The highest BCUT2D eigenvalue weighted by Gasteiger charge is 2.36. The molecule has 7 heteroatoms. The van der Waals surface area contributed by atoms with Crippen molar-refractivity contribution in [2.24, 2.45) is 5.92 Å². The van der Waals surface area contributed by atoms with Gasteiger partial charge >= 0.3 is 17.9 Å². The average Bonchev–Trinajstić information content (AvgIpc) is 2.27. The van der Waals surface area contributed by atoms with Gasteiger partial charge in [-0.2, -0.15) is 0 Å². The van der Waals surface area contributed by atoms with E-state index in [1.54, 1.807) is 0 Å². The van der Waals surface area contributed by atoms with E-state index in [1.807, 2.05) is 0 Å². The Hall–Kier alpha value is -2.70. The standard InChI is InChI=1S/C12H10O7/c1-6(13)19-8-5-3-2-4-7(8)10(14)9(11(15)16)12(17)18/h2-5,9H,1H3,(H,15,16)(H,17,18). The number of benzene rings is 1. The molecule has 0 atom stereocenters. The summed E-state index contributed by atoms with van der Waals surface area (Å²) in [4.78, 5) is 44.3. The number of Topliss-reactive ketones (excluding diaryl/α,β-unsaturated/α-hetero) is 1. The summed E-state index contributed by atoms with van der Waals surface area (Å²) in [6.45, 7) is 1.10.